The van der Waals surface area contributed by atoms with Crippen molar-refractivity contribution in [2.24, 2.45) is 4.99 Å². The number of hydrogen-bond donors (Lipinski definition) is 0. The molecule has 0 aromatic heterocycles. The fraction of sp³-hybridized carbons (Fsp3) is 0.125. The third-order valence-electron chi connectivity index (χ3n) is 1.60. The summed E-state index contributed by atoms with van der Waals surface area (Å²) in [6.45, 7) is 0. The predicted octanol–water partition coefficient (Wildman–Crippen LogP) is 3.07. The molecular weight excluding hydrogens is 372 g/mol. The molecule has 6 nitrogen and oxygen atoms in total. The maximum atomic E-state index is 12.1. The zero-order valence-corrected chi connectivity index (χ0v) is 10.4. The van der Waals surface area contributed by atoms with Gasteiger partial charge in [0.25, 0.3) is 0 Å². The number of aliphatic imine (C=N–C) groups is 1. The topological polar surface area (TPSA) is 81.8 Å². The summed E-state index contributed by atoms with van der Waals surface area (Å²) in [6, 6.07) is 1.83. The van der Waals surface area contributed by atoms with E-state index in [1.807, 2.05) is 0 Å². The Morgan fingerprint density at radius 1 is 1.44 bits per heavy atom. The van der Waals surface area contributed by atoms with E-state index in [-0.39, 0.29) is 3.57 Å². The largest absolute Gasteiger partial charge is 0.573 e. The minimum Gasteiger partial charge on any atom is -0.403 e. The molecule has 0 aliphatic carbocycles. The third kappa shape index (κ3) is 3.67. The van der Waals surface area contributed by atoms with Crippen LogP contribution in [-0.4, -0.2) is 17.4 Å². The molecule has 0 aliphatic rings. The van der Waals surface area contributed by atoms with Crippen molar-refractivity contribution < 1.29 is 27.6 Å². The van der Waals surface area contributed by atoms with Crippen LogP contribution in [-0.2, 0) is 4.79 Å². The second-order valence-corrected chi connectivity index (χ2v) is 4.03. The van der Waals surface area contributed by atoms with Crippen molar-refractivity contribution >= 4 is 40.0 Å². The van der Waals surface area contributed by atoms with Crippen molar-refractivity contribution in [3.63, 3.8) is 0 Å². The molecule has 0 heterocycles. The van der Waals surface area contributed by atoms with E-state index in [0.717, 1.165) is 18.2 Å². The molecule has 0 saturated carbocycles. The van der Waals surface area contributed by atoms with Gasteiger partial charge in [-0.2, -0.15) is 4.99 Å². The highest BCUT2D eigenvalue weighted by molar-refractivity contribution is 14.1. The summed E-state index contributed by atoms with van der Waals surface area (Å²) in [5, 5.41) is 10.6. The Labute approximate surface area is 111 Å². The Morgan fingerprint density at radius 3 is 2.50 bits per heavy atom. The lowest BCUT2D eigenvalue weighted by molar-refractivity contribution is -0.384. The zero-order chi connectivity index (χ0) is 13.9. The van der Waals surface area contributed by atoms with Gasteiger partial charge < -0.3 is 4.74 Å². The van der Waals surface area contributed by atoms with Crippen molar-refractivity contribution in [3.8, 4) is 5.75 Å². The lowest BCUT2D eigenvalue weighted by atomic mass is 10.2. The highest BCUT2D eigenvalue weighted by atomic mass is 127. The molecule has 96 valence electrons. The molecule has 0 aliphatic heterocycles. The van der Waals surface area contributed by atoms with E-state index < -0.39 is 28.4 Å². The van der Waals surface area contributed by atoms with Crippen molar-refractivity contribution in [1.82, 2.24) is 0 Å². The average Bonchev–Trinajstić information content (AvgIpc) is 2.19. The molecule has 0 bridgehead atoms. The number of isocyanates is 1. The van der Waals surface area contributed by atoms with Gasteiger partial charge in [-0.15, -0.1) is 13.2 Å². The summed E-state index contributed by atoms with van der Waals surface area (Å²) in [7, 11) is 0. The molecule has 0 N–H and O–H groups in total. The van der Waals surface area contributed by atoms with Crippen LogP contribution in [0.4, 0.5) is 24.5 Å². The first-order chi connectivity index (χ1) is 8.24. The van der Waals surface area contributed by atoms with Crippen LogP contribution < -0.4 is 4.74 Å². The zero-order valence-electron chi connectivity index (χ0n) is 8.19. The van der Waals surface area contributed by atoms with Crippen LogP contribution >= 0.6 is 22.6 Å². The highest BCUT2D eigenvalue weighted by Crippen LogP contribution is 2.40. The van der Waals surface area contributed by atoms with Crippen LogP contribution in [0.15, 0.2) is 17.1 Å². The quantitative estimate of drug-likeness (QED) is 0.268. The summed E-state index contributed by atoms with van der Waals surface area (Å²) in [6.07, 6.45) is -4.10. The molecule has 10 heteroatoms. The first-order valence-electron chi connectivity index (χ1n) is 4.06. The molecule has 0 amide bonds. The molecular formula is C8H2F3IN2O4. The maximum Gasteiger partial charge on any atom is 0.573 e. The molecule has 0 atom stereocenters. The number of nitrogens with zero attached hydrogens (tertiary/aromatic N) is 2. The van der Waals surface area contributed by atoms with Crippen LogP contribution in [0.2, 0.25) is 0 Å². The fourth-order valence-corrected chi connectivity index (χ4v) is 1.64. The molecule has 0 spiro atoms. The maximum absolute atomic E-state index is 12.1. The first kappa shape index (κ1) is 14.4. The van der Waals surface area contributed by atoms with E-state index in [9.17, 15) is 28.1 Å². The molecule has 18 heavy (non-hydrogen) atoms. The SMILES string of the molecule is O=C=Nc1c(OC(F)(F)F)cc(I)cc1[N+](=O)[O-]. The van der Waals surface area contributed by atoms with Gasteiger partial charge >= 0.3 is 12.0 Å². The van der Waals surface area contributed by atoms with Gasteiger partial charge in [-0.3, -0.25) is 10.1 Å². The second kappa shape index (κ2) is 5.31. The minimum atomic E-state index is -5.05. The Morgan fingerprint density at radius 2 is 2.06 bits per heavy atom. The van der Waals surface area contributed by atoms with Gasteiger partial charge in [-0.05, 0) is 28.7 Å². The number of benzene rings is 1. The number of rotatable bonds is 3. The lowest BCUT2D eigenvalue weighted by Gasteiger charge is -2.10. The van der Waals surface area contributed by atoms with E-state index in [4.69, 9.17) is 0 Å². The summed E-state index contributed by atoms with van der Waals surface area (Å²) in [5.41, 5.74) is -1.60. The van der Waals surface area contributed by atoms with Crippen molar-refractivity contribution in [3.05, 3.63) is 25.8 Å². The second-order valence-electron chi connectivity index (χ2n) is 2.78. The Bertz CT molecular complexity index is 540. The van der Waals surface area contributed by atoms with Crippen molar-refractivity contribution in [2.75, 3.05) is 0 Å². The molecule has 0 radical (unpaired) electrons. The number of ether oxygens (including phenoxy) is 1. The molecule has 1 aromatic rings. The normalized spacial score (nSPS) is 10.7. The van der Waals surface area contributed by atoms with Gasteiger partial charge in [0.15, 0.2) is 11.4 Å². The summed E-state index contributed by atoms with van der Waals surface area (Å²) >= 11 is 1.57. The van der Waals surface area contributed by atoms with Crippen molar-refractivity contribution in [1.29, 1.82) is 0 Å². The van der Waals surface area contributed by atoms with Gasteiger partial charge in [0.05, 0.1) is 4.92 Å². The number of nitro groups is 1. The van der Waals surface area contributed by atoms with Crippen LogP contribution in [0, 0.1) is 13.7 Å². The van der Waals surface area contributed by atoms with Gasteiger partial charge in [0.2, 0.25) is 6.08 Å². The summed E-state index contributed by atoms with van der Waals surface area (Å²) in [5.74, 6) is -0.926. The van der Waals surface area contributed by atoms with E-state index >= 15 is 0 Å². The summed E-state index contributed by atoms with van der Waals surface area (Å²) in [4.78, 5) is 22.6. The van der Waals surface area contributed by atoms with Gasteiger partial charge in [0.1, 0.15) is 0 Å². The Kier molecular flexibility index (Phi) is 4.24. The number of alkyl halides is 3. The van der Waals surface area contributed by atoms with E-state index in [2.05, 4.69) is 9.73 Å². The van der Waals surface area contributed by atoms with Crippen LogP contribution in [0.25, 0.3) is 0 Å². The molecule has 1 aromatic carbocycles. The van der Waals surface area contributed by atoms with Crippen LogP contribution in [0.3, 0.4) is 0 Å². The lowest BCUT2D eigenvalue weighted by Crippen LogP contribution is -2.17. The Hall–Kier alpha value is -1.68. The molecule has 0 fully saturated rings. The molecule has 0 saturated heterocycles. The minimum absolute atomic E-state index is 0.128. The number of halogens is 4. The number of nitro benzene ring substituents is 1. The van der Waals surface area contributed by atoms with Gasteiger partial charge in [-0.25, -0.2) is 4.79 Å². The molecule has 1 rings (SSSR count). The van der Waals surface area contributed by atoms with Gasteiger partial charge in [-0.1, -0.05) is 0 Å². The average molecular weight is 374 g/mol. The van der Waals surface area contributed by atoms with Crippen LogP contribution in [0.1, 0.15) is 0 Å². The fourth-order valence-electron chi connectivity index (χ4n) is 1.06. The summed E-state index contributed by atoms with van der Waals surface area (Å²) < 4.78 is 40.0. The Balaban J connectivity index is 3.48. The smallest absolute Gasteiger partial charge is 0.403 e. The van der Waals surface area contributed by atoms with E-state index in [0.29, 0.717) is 0 Å². The van der Waals surface area contributed by atoms with E-state index in [1.165, 1.54) is 0 Å². The number of carbonyl (C=O) groups excluding carboxylic acids is 1. The predicted molar refractivity (Wildman–Crippen MR) is 60.3 cm³/mol. The monoisotopic (exact) mass is 374 g/mol. The van der Waals surface area contributed by atoms with E-state index in [1.54, 1.807) is 22.6 Å². The van der Waals surface area contributed by atoms with Crippen molar-refractivity contribution in [2.45, 2.75) is 6.36 Å². The third-order valence-corrected chi connectivity index (χ3v) is 2.22. The molecule has 0 unspecified atom stereocenters. The highest BCUT2D eigenvalue weighted by Gasteiger charge is 2.34. The first-order valence-corrected chi connectivity index (χ1v) is 5.14. The van der Waals surface area contributed by atoms with Crippen LogP contribution in [0.5, 0.6) is 5.75 Å². The standard InChI is InChI=1S/C8H2F3IN2O4/c9-8(10,11)18-6-2-4(12)1-5(14(16)17)7(6)13-3-15/h1-2H. The van der Waals surface area contributed by atoms with Gasteiger partial charge in [0, 0.05) is 9.64 Å². The number of hydrogen-bond acceptors (Lipinski definition) is 5.